The minimum absolute atomic E-state index is 0. The molecular weight excluding hydrogens is 271 g/mol. The van der Waals surface area contributed by atoms with E-state index in [0.717, 1.165) is 18.2 Å². The maximum atomic E-state index is 11.2. The number of fused-ring (bicyclic) bond motifs is 1. The van der Waals surface area contributed by atoms with E-state index in [1.54, 1.807) is 0 Å². The molecule has 0 amide bonds. The summed E-state index contributed by atoms with van der Waals surface area (Å²) in [5, 5.41) is 30.4. The summed E-state index contributed by atoms with van der Waals surface area (Å²) in [4.78, 5) is 30.5. The molecule has 19 heavy (non-hydrogen) atoms. The molecule has 0 unspecified atom stereocenters. The first kappa shape index (κ1) is 15.1. The van der Waals surface area contributed by atoms with Gasteiger partial charge >= 0.3 is 40.9 Å². The van der Waals surface area contributed by atoms with Gasteiger partial charge in [-0.25, -0.2) is 4.79 Å². The van der Waals surface area contributed by atoms with Gasteiger partial charge in [0.05, 0.1) is 15.2 Å². The summed E-state index contributed by atoms with van der Waals surface area (Å²) in [6, 6.07) is 3.02. The number of nitrogens with zero attached hydrogens (tertiary/aromatic N) is 2. The van der Waals surface area contributed by atoms with Crippen LogP contribution in [0.4, 0.5) is 11.4 Å². The Kier molecular flexibility index (Phi) is 4.24. The van der Waals surface area contributed by atoms with E-state index in [-0.39, 0.29) is 47.6 Å². The zero-order chi connectivity index (χ0) is 13.4. The van der Waals surface area contributed by atoms with Gasteiger partial charge in [0.25, 0.3) is 5.69 Å². The zero-order valence-corrected chi connectivity index (χ0v) is 11.5. The van der Waals surface area contributed by atoms with Crippen LogP contribution in [0, 0.1) is 20.2 Å². The van der Waals surface area contributed by atoms with E-state index in [4.69, 9.17) is 0 Å². The van der Waals surface area contributed by atoms with Gasteiger partial charge in [-0.3, -0.25) is 20.2 Å². The van der Waals surface area contributed by atoms with Crippen LogP contribution in [-0.4, -0.2) is 15.0 Å². The Bertz CT molecular complexity index is 745. The quantitative estimate of drug-likeness (QED) is 0.303. The van der Waals surface area contributed by atoms with Gasteiger partial charge in [0.15, 0.2) is 0 Å². The number of non-ortho nitro benzene ring substituents is 1. The van der Waals surface area contributed by atoms with Crippen molar-refractivity contribution in [3.63, 3.8) is 0 Å². The van der Waals surface area contributed by atoms with E-state index < -0.39 is 26.9 Å². The zero-order valence-electron chi connectivity index (χ0n) is 10.5. The van der Waals surface area contributed by atoms with Crippen molar-refractivity contribution < 1.29 is 50.4 Å². The maximum absolute atomic E-state index is 11.2. The predicted octanol–water partition coefficient (Wildman–Crippen LogP) is -1.57. The fraction of sp³-hybridized carbons (Fsp3) is 0. The van der Waals surface area contributed by atoms with Crippen LogP contribution < -0.4 is 35.2 Å². The second-order valence-corrected chi connectivity index (χ2v) is 3.28. The Morgan fingerprint density at radius 3 is 2.37 bits per heavy atom. The molecule has 2 rings (SSSR count). The van der Waals surface area contributed by atoms with Gasteiger partial charge < -0.3 is 11.0 Å². The molecule has 0 bridgehead atoms. The first-order valence-corrected chi connectivity index (χ1v) is 4.50. The summed E-state index contributed by atoms with van der Waals surface area (Å²) in [5.41, 5.74) is -3.03. The summed E-state index contributed by atoms with van der Waals surface area (Å²) in [6.45, 7) is 0. The number of hydrogen-bond donors (Lipinski definition) is 1. The van der Waals surface area contributed by atoms with Crippen LogP contribution in [0.15, 0.2) is 27.4 Å². The van der Waals surface area contributed by atoms with Gasteiger partial charge in [-0.1, -0.05) is 0 Å². The van der Waals surface area contributed by atoms with Crippen molar-refractivity contribution in [2.24, 2.45) is 0 Å². The molecule has 0 saturated heterocycles. The van der Waals surface area contributed by atoms with Crippen molar-refractivity contribution in [1.82, 2.24) is 0 Å². The van der Waals surface area contributed by atoms with Crippen molar-refractivity contribution in [1.29, 1.82) is 0 Å². The molecule has 9 nitrogen and oxygen atoms in total. The van der Waals surface area contributed by atoms with Crippen LogP contribution >= 0.6 is 0 Å². The fourth-order valence-electron chi connectivity index (χ4n) is 1.44. The Morgan fingerprint density at radius 2 is 1.84 bits per heavy atom. The molecule has 1 aromatic heterocycles. The standard InChI is InChI=1S/C9H4N2O7.Na.H/c12-8-5-3-4(10(14)15)1-2-6(5)18-9(13)7(8)11(16)17;;/h1-3,12H;;/q;+1;-1. The van der Waals surface area contributed by atoms with Gasteiger partial charge in [0.1, 0.15) is 5.58 Å². The maximum Gasteiger partial charge on any atom is 1.00 e. The second kappa shape index (κ2) is 5.34. The fourth-order valence-corrected chi connectivity index (χ4v) is 1.44. The summed E-state index contributed by atoms with van der Waals surface area (Å²) in [7, 11) is 0. The molecule has 0 aliphatic heterocycles. The molecule has 2 aromatic rings. The van der Waals surface area contributed by atoms with Gasteiger partial charge in [0.2, 0.25) is 5.75 Å². The van der Waals surface area contributed by atoms with Crippen molar-refractivity contribution in [3.8, 4) is 5.75 Å². The number of rotatable bonds is 2. The molecule has 0 spiro atoms. The van der Waals surface area contributed by atoms with E-state index in [1.807, 2.05) is 0 Å². The summed E-state index contributed by atoms with van der Waals surface area (Å²) in [6.07, 6.45) is 0. The minimum atomic E-state index is -1.32. The molecule has 0 fully saturated rings. The van der Waals surface area contributed by atoms with Gasteiger partial charge in [-0.15, -0.1) is 0 Å². The third-order valence-corrected chi connectivity index (χ3v) is 2.23. The summed E-state index contributed by atoms with van der Waals surface area (Å²) in [5.74, 6) is -0.949. The Hall–Kier alpha value is -1.97. The molecule has 1 N–H and O–H groups in total. The average Bonchev–Trinajstić information content (AvgIpc) is 2.27. The molecule has 0 aliphatic carbocycles. The minimum Gasteiger partial charge on any atom is -1.00 e. The van der Waals surface area contributed by atoms with Crippen LogP contribution in [-0.2, 0) is 0 Å². The molecule has 0 radical (unpaired) electrons. The molecule has 0 atom stereocenters. The molecule has 0 aliphatic rings. The van der Waals surface area contributed by atoms with Crippen LogP contribution in [0.5, 0.6) is 5.75 Å². The predicted molar refractivity (Wildman–Crippen MR) is 58.6 cm³/mol. The molecule has 1 heterocycles. The van der Waals surface area contributed by atoms with E-state index >= 15 is 0 Å². The van der Waals surface area contributed by atoms with Crippen LogP contribution in [0.1, 0.15) is 1.43 Å². The van der Waals surface area contributed by atoms with Crippen molar-refractivity contribution in [3.05, 3.63) is 48.8 Å². The third-order valence-electron chi connectivity index (χ3n) is 2.23. The number of nitro groups is 2. The van der Waals surface area contributed by atoms with E-state index in [1.165, 1.54) is 0 Å². The topological polar surface area (TPSA) is 137 Å². The molecule has 0 saturated carbocycles. The first-order valence-electron chi connectivity index (χ1n) is 4.50. The van der Waals surface area contributed by atoms with Crippen molar-refractivity contribution in [2.45, 2.75) is 0 Å². The Balaban J connectivity index is 0.00000180. The number of aromatic hydroxyl groups is 1. The molecular formula is C9H5N2NaO7. The number of nitro benzene ring substituents is 1. The third kappa shape index (κ3) is 2.57. The van der Waals surface area contributed by atoms with Gasteiger partial charge in [-0.05, 0) is 6.07 Å². The Labute approximate surface area is 127 Å². The van der Waals surface area contributed by atoms with Gasteiger partial charge in [0, 0.05) is 12.1 Å². The molecule has 94 valence electrons. The van der Waals surface area contributed by atoms with Crippen molar-refractivity contribution >= 4 is 22.3 Å². The molecule has 1 aromatic carbocycles. The van der Waals surface area contributed by atoms with Crippen LogP contribution in [0.2, 0.25) is 0 Å². The Morgan fingerprint density at radius 1 is 1.21 bits per heavy atom. The largest absolute Gasteiger partial charge is 1.00 e. The van der Waals surface area contributed by atoms with E-state index in [0.29, 0.717) is 0 Å². The summed E-state index contributed by atoms with van der Waals surface area (Å²) >= 11 is 0. The SMILES string of the molecule is O=c1oc2ccc([N+](=O)[O-])cc2c(O)c1[N+](=O)[O-].[H-].[Na+]. The number of benzene rings is 1. The second-order valence-electron chi connectivity index (χ2n) is 3.28. The van der Waals surface area contributed by atoms with E-state index in [2.05, 4.69) is 4.42 Å². The summed E-state index contributed by atoms with van der Waals surface area (Å²) < 4.78 is 4.59. The number of hydrogen-bond acceptors (Lipinski definition) is 7. The monoisotopic (exact) mass is 276 g/mol. The normalized spacial score (nSPS) is 9.89. The van der Waals surface area contributed by atoms with Crippen LogP contribution in [0.25, 0.3) is 11.0 Å². The van der Waals surface area contributed by atoms with Crippen molar-refractivity contribution in [2.75, 3.05) is 0 Å². The van der Waals surface area contributed by atoms with E-state index in [9.17, 15) is 30.1 Å². The van der Waals surface area contributed by atoms with Gasteiger partial charge in [-0.2, -0.15) is 0 Å². The smallest absolute Gasteiger partial charge is 1.00 e. The first-order chi connectivity index (χ1) is 8.41. The molecule has 10 heteroatoms. The van der Waals surface area contributed by atoms with Crippen LogP contribution in [0.3, 0.4) is 0 Å². The average molecular weight is 276 g/mol.